The summed E-state index contributed by atoms with van der Waals surface area (Å²) in [5, 5.41) is 0.404. The lowest BCUT2D eigenvalue weighted by Crippen LogP contribution is -2.12. The number of hydrogen-bond donors (Lipinski definition) is 0. The third-order valence-corrected chi connectivity index (χ3v) is 5.65. The van der Waals surface area contributed by atoms with E-state index in [0.29, 0.717) is 22.6 Å². The Hall–Kier alpha value is -2.05. The highest BCUT2D eigenvalue weighted by Gasteiger charge is 2.19. The van der Waals surface area contributed by atoms with Gasteiger partial charge in [0.1, 0.15) is 0 Å². The Bertz CT molecular complexity index is 1030. The molecule has 0 N–H and O–H groups in total. The molecule has 0 aliphatic rings. The van der Waals surface area contributed by atoms with Crippen molar-refractivity contribution in [3.05, 3.63) is 63.6 Å². The number of aryl methyl sites for hydroxylation is 1. The van der Waals surface area contributed by atoms with E-state index in [-0.39, 0.29) is 16.2 Å². The molecule has 0 aliphatic carbocycles. The zero-order valence-corrected chi connectivity index (χ0v) is 13.9. The van der Waals surface area contributed by atoms with E-state index >= 15 is 0 Å². The largest absolute Gasteiger partial charge is 0.419 e. The van der Waals surface area contributed by atoms with Crippen LogP contribution in [-0.4, -0.2) is 13.0 Å². The molecular formula is C16H14ClNO4S. The number of rotatable bonds is 4. The van der Waals surface area contributed by atoms with Crippen molar-refractivity contribution in [1.82, 2.24) is 4.57 Å². The molecule has 0 amide bonds. The third-order valence-electron chi connectivity index (χ3n) is 3.62. The van der Waals surface area contributed by atoms with Crippen molar-refractivity contribution >= 4 is 32.5 Å². The Morgan fingerprint density at radius 1 is 1.17 bits per heavy atom. The highest BCUT2D eigenvalue weighted by Crippen LogP contribution is 2.24. The first-order chi connectivity index (χ1) is 10.9. The van der Waals surface area contributed by atoms with Gasteiger partial charge in [-0.25, -0.2) is 13.2 Å². The van der Waals surface area contributed by atoms with Crippen LogP contribution in [-0.2, 0) is 22.1 Å². The Labute approximate surface area is 138 Å². The van der Waals surface area contributed by atoms with Crippen molar-refractivity contribution in [2.24, 2.45) is 0 Å². The standard InChI is InChI=1S/C16H14ClNO4S/c1-2-18-14-8-7-12(9-15(14)22-16(18)19)23(20,21)10-11-5-3-4-6-13(11)17/h3-9H,2,10H2,1H3. The lowest BCUT2D eigenvalue weighted by Gasteiger charge is -2.06. The van der Waals surface area contributed by atoms with Gasteiger partial charge in [-0.05, 0) is 30.7 Å². The van der Waals surface area contributed by atoms with Crippen LogP contribution in [0.3, 0.4) is 0 Å². The Morgan fingerprint density at radius 3 is 2.61 bits per heavy atom. The van der Waals surface area contributed by atoms with Crippen molar-refractivity contribution in [1.29, 1.82) is 0 Å². The van der Waals surface area contributed by atoms with Gasteiger partial charge < -0.3 is 4.42 Å². The zero-order chi connectivity index (χ0) is 16.6. The fraction of sp³-hybridized carbons (Fsp3) is 0.188. The summed E-state index contributed by atoms with van der Waals surface area (Å²) < 4.78 is 31.7. The first-order valence-corrected chi connectivity index (χ1v) is 9.05. The topological polar surface area (TPSA) is 69.3 Å². The second-order valence-electron chi connectivity index (χ2n) is 5.09. The lowest BCUT2D eigenvalue weighted by molar-refractivity contribution is 0.512. The molecule has 0 bridgehead atoms. The average Bonchev–Trinajstić information content (AvgIpc) is 2.83. The number of oxazole rings is 1. The van der Waals surface area contributed by atoms with Crippen LogP contribution in [0.15, 0.2) is 56.6 Å². The summed E-state index contributed by atoms with van der Waals surface area (Å²) in [6.07, 6.45) is 0. The molecule has 1 heterocycles. The molecule has 0 aliphatic heterocycles. The molecule has 0 fully saturated rings. The summed E-state index contributed by atoms with van der Waals surface area (Å²) in [4.78, 5) is 11.8. The van der Waals surface area contributed by atoms with Crippen molar-refractivity contribution < 1.29 is 12.8 Å². The fourth-order valence-corrected chi connectivity index (χ4v) is 4.11. The second kappa shape index (κ2) is 5.86. The predicted octanol–water partition coefficient (Wildman–Crippen LogP) is 3.24. The Morgan fingerprint density at radius 2 is 1.91 bits per heavy atom. The number of nitrogens with zero attached hydrogens (tertiary/aromatic N) is 1. The molecule has 1 aromatic heterocycles. The summed E-state index contributed by atoms with van der Waals surface area (Å²) in [6, 6.07) is 11.3. The molecule has 0 saturated heterocycles. The number of benzene rings is 2. The minimum Gasteiger partial charge on any atom is -0.408 e. The molecule has 5 nitrogen and oxygen atoms in total. The van der Waals surface area contributed by atoms with Crippen molar-refractivity contribution in [3.63, 3.8) is 0 Å². The zero-order valence-electron chi connectivity index (χ0n) is 12.3. The van der Waals surface area contributed by atoms with Crippen LogP contribution in [0, 0.1) is 0 Å². The highest BCUT2D eigenvalue weighted by molar-refractivity contribution is 7.90. The van der Waals surface area contributed by atoms with E-state index in [0.717, 1.165) is 0 Å². The number of hydrogen-bond acceptors (Lipinski definition) is 4. The van der Waals surface area contributed by atoms with Gasteiger partial charge in [0.2, 0.25) is 0 Å². The fourth-order valence-electron chi connectivity index (χ4n) is 2.44. The van der Waals surface area contributed by atoms with Crippen LogP contribution in [0.25, 0.3) is 11.1 Å². The van der Waals surface area contributed by atoms with Crippen molar-refractivity contribution in [2.45, 2.75) is 24.1 Å². The van der Waals surface area contributed by atoms with Gasteiger partial charge in [-0.2, -0.15) is 0 Å². The maximum absolute atomic E-state index is 12.6. The number of sulfone groups is 1. The van der Waals surface area contributed by atoms with Gasteiger partial charge in [-0.15, -0.1) is 0 Å². The second-order valence-corrected chi connectivity index (χ2v) is 7.49. The molecule has 0 spiro atoms. The van der Waals surface area contributed by atoms with E-state index in [1.54, 1.807) is 30.3 Å². The quantitative estimate of drug-likeness (QED) is 0.723. The summed E-state index contributed by atoms with van der Waals surface area (Å²) in [5.74, 6) is -0.708. The smallest absolute Gasteiger partial charge is 0.408 e. The van der Waals surface area contributed by atoms with Crippen LogP contribution >= 0.6 is 11.6 Å². The molecular weight excluding hydrogens is 338 g/mol. The molecule has 2 aromatic carbocycles. The summed E-state index contributed by atoms with van der Waals surface area (Å²) in [5.41, 5.74) is 1.37. The van der Waals surface area contributed by atoms with Crippen LogP contribution in [0.4, 0.5) is 0 Å². The molecule has 7 heteroatoms. The van der Waals surface area contributed by atoms with Crippen LogP contribution in [0.2, 0.25) is 5.02 Å². The summed E-state index contributed by atoms with van der Waals surface area (Å²) >= 11 is 6.03. The Balaban J connectivity index is 2.05. The summed E-state index contributed by atoms with van der Waals surface area (Å²) in [7, 11) is -3.59. The van der Waals surface area contributed by atoms with Gasteiger partial charge in [-0.1, -0.05) is 29.8 Å². The van der Waals surface area contributed by atoms with E-state index in [4.69, 9.17) is 16.0 Å². The van der Waals surface area contributed by atoms with Gasteiger partial charge in [-0.3, -0.25) is 4.57 Å². The molecule has 3 aromatic rings. The van der Waals surface area contributed by atoms with Crippen molar-refractivity contribution in [3.8, 4) is 0 Å². The molecule has 23 heavy (non-hydrogen) atoms. The molecule has 0 unspecified atom stereocenters. The van der Waals surface area contributed by atoms with E-state index < -0.39 is 15.6 Å². The maximum Gasteiger partial charge on any atom is 0.419 e. The predicted molar refractivity (Wildman–Crippen MR) is 88.5 cm³/mol. The van der Waals surface area contributed by atoms with Gasteiger partial charge in [0.15, 0.2) is 15.4 Å². The maximum atomic E-state index is 12.6. The molecule has 0 saturated carbocycles. The van der Waals surface area contributed by atoms with Gasteiger partial charge in [0.05, 0.1) is 16.2 Å². The SMILES string of the molecule is CCn1c(=O)oc2cc(S(=O)(=O)Cc3ccccc3Cl)ccc21. The number of aromatic nitrogens is 1. The first kappa shape index (κ1) is 15.8. The molecule has 0 atom stereocenters. The van der Waals surface area contributed by atoms with Crippen LogP contribution in [0.1, 0.15) is 12.5 Å². The third kappa shape index (κ3) is 2.92. The van der Waals surface area contributed by atoms with Gasteiger partial charge in [0, 0.05) is 17.6 Å². The Kier molecular flexibility index (Phi) is 4.04. The van der Waals surface area contributed by atoms with Gasteiger partial charge >= 0.3 is 5.76 Å². The van der Waals surface area contributed by atoms with E-state index in [9.17, 15) is 13.2 Å². The number of halogens is 1. The normalized spacial score (nSPS) is 11.9. The average molecular weight is 352 g/mol. The van der Waals surface area contributed by atoms with E-state index in [2.05, 4.69) is 0 Å². The molecule has 0 radical (unpaired) electrons. The molecule has 120 valence electrons. The van der Waals surface area contributed by atoms with E-state index in [1.807, 2.05) is 6.92 Å². The number of fused-ring (bicyclic) bond motifs is 1. The molecule has 3 rings (SSSR count). The van der Waals surface area contributed by atoms with Gasteiger partial charge in [0.25, 0.3) is 0 Å². The minimum absolute atomic E-state index is 0.0990. The minimum atomic E-state index is -3.59. The van der Waals surface area contributed by atoms with Crippen LogP contribution in [0.5, 0.6) is 0 Å². The highest BCUT2D eigenvalue weighted by atomic mass is 35.5. The summed E-state index contributed by atoms with van der Waals surface area (Å²) in [6.45, 7) is 2.27. The first-order valence-electron chi connectivity index (χ1n) is 7.02. The van der Waals surface area contributed by atoms with Crippen LogP contribution < -0.4 is 5.76 Å². The van der Waals surface area contributed by atoms with Crippen molar-refractivity contribution in [2.75, 3.05) is 0 Å². The monoisotopic (exact) mass is 351 g/mol. The lowest BCUT2D eigenvalue weighted by atomic mass is 10.2. The van der Waals surface area contributed by atoms with E-state index in [1.165, 1.54) is 16.7 Å².